The number of nitrogens with zero attached hydrogens (tertiary/aromatic N) is 3. The summed E-state index contributed by atoms with van der Waals surface area (Å²) in [6, 6.07) is 2.16. The molecule has 2 saturated heterocycles. The van der Waals surface area contributed by atoms with Crippen molar-refractivity contribution in [2.75, 3.05) is 26.2 Å². The fourth-order valence-corrected chi connectivity index (χ4v) is 4.03. The van der Waals surface area contributed by atoms with Crippen LogP contribution in [0.2, 0.25) is 0 Å². The molecule has 2 aliphatic rings. The highest BCUT2D eigenvalue weighted by molar-refractivity contribution is 5.38. The number of likely N-dealkylation sites (tertiary alicyclic amines) is 2. The average Bonchev–Trinajstić information content (AvgIpc) is 2.61. The molecule has 1 aromatic heterocycles. The van der Waals surface area contributed by atoms with Crippen molar-refractivity contribution in [3.63, 3.8) is 0 Å². The predicted molar refractivity (Wildman–Crippen MR) is 98.2 cm³/mol. The first-order valence-electron chi connectivity index (χ1n) is 9.91. The number of hydrogen-bond donors (Lipinski definition) is 1. The third-order valence-electron chi connectivity index (χ3n) is 5.36. The van der Waals surface area contributed by atoms with Crippen molar-refractivity contribution < 1.29 is 5.11 Å². The van der Waals surface area contributed by atoms with Crippen LogP contribution in [-0.2, 0) is 19.5 Å². The molecule has 3 rings (SSSR count). The van der Waals surface area contributed by atoms with Gasteiger partial charge >= 0.3 is 0 Å². The number of aromatic hydroxyl groups is 1. The molecule has 0 bridgehead atoms. The normalized spacial score (nSPS) is 20.4. The van der Waals surface area contributed by atoms with Crippen molar-refractivity contribution in [3.05, 3.63) is 23.0 Å². The minimum absolute atomic E-state index is 0.449. The topological polar surface area (TPSA) is 39.6 Å². The molecule has 4 nitrogen and oxygen atoms in total. The molecule has 24 heavy (non-hydrogen) atoms. The highest BCUT2D eigenvalue weighted by atomic mass is 16.3. The van der Waals surface area contributed by atoms with E-state index in [-0.39, 0.29) is 0 Å². The second-order valence-electron chi connectivity index (χ2n) is 7.49. The van der Waals surface area contributed by atoms with E-state index in [9.17, 15) is 5.11 Å². The first-order valence-corrected chi connectivity index (χ1v) is 9.91. The van der Waals surface area contributed by atoms with Crippen molar-refractivity contribution in [3.8, 4) is 5.75 Å². The zero-order valence-electron chi connectivity index (χ0n) is 15.3. The molecule has 0 saturated carbocycles. The van der Waals surface area contributed by atoms with Gasteiger partial charge in [0, 0.05) is 18.7 Å². The van der Waals surface area contributed by atoms with Gasteiger partial charge in [-0.15, -0.1) is 0 Å². The van der Waals surface area contributed by atoms with E-state index in [1.54, 1.807) is 0 Å². The predicted octanol–water partition coefficient (Wildman–Crippen LogP) is 3.71. The third-order valence-corrected chi connectivity index (χ3v) is 5.36. The van der Waals surface area contributed by atoms with Gasteiger partial charge in [0.05, 0.1) is 11.4 Å². The van der Waals surface area contributed by atoms with E-state index in [2.05, 4.69) is 22.8 Å². The van der Waals surface area contributed by atoms with Crippen molar-refractivity contribution in [2.45, 2.75) is 71.4 Å². The van der Waals surface area contributed by atoms with Crippen LogP contribution in [0.3, 0.4) is 0 Å². The molecular weight excluding hydrogens is 298 g/mol. The first-order chi connectivity index (χ1) is 11.8. The van der Waals surface area contributed by atoms with Gasteiger partial charge in [0.25, 0.3) is 0 Å². The fourth-order valence-electron chi connectivity index (χ4n) is 4.03. The summed E-state index contributed by atoms with van der Waals surface area (Å²) in [7, 11) is 0. The largest absolute Gasteiger partial charge is 0.506 e. The number of piperidine rings is 2. The van der Waals surface area contributed by atoms with Crippen LogP contribution < -0.4 is 0 Å². The molecule has 1 aromatic rings. The van der Waals surface area contributed by atoms with Gasteiger partial charge < -0.3 is 5.11 Å². The smallest absolute Gasteiger partial charge is 0.141 e. The maximum atomic E-state index is 10.7. The number of pyridine rings is 1. The Bertz CT molecular complexity index is 520. The number of aryl methyl sites for hydroxylation is 1. The molecule has 0 aromatic carbocycles. The fraction of sp³-hybridized carbons (Fsp3) is 0.750. The lowest BCUT2D eigenvalue weighted by Crippen LogP contribution is -2.30. The standard InChI is InChI=1S/C20H33N3O/c1-2-9-19-20(24)17(15-22-10-5-3-6-11-22)14-18(21-19)16-23-12-7-4-8-13-23/h14,24H,2-13,15-16H2,1H3. The van der Waals surface area contributed by atoms with E-state index >= 15 is 0 Å². The zero-order valence-corrected chi connectivity index (χ0v) is 15.3. The van der Waals surface area contributed by atoms with Crippen LogP contribution in [0.5, 0.6) is 5.75 Å². The summed E-state index contributed by atoms with van der Waals surface area (Å²) in [6.45, 7) is 8.66. The molecule has 0 atom stereocenters. The molecule has 1 N–H and O–H groups in total. The maximum absolute atomic E-state index is 10.7. The highest BCUT2D eigenvalue weighted by Crippen LogP contribution is 2.27. The Morgan fingerprint density at radius 2 is 1.50 bits per heavy atom. The van der Waals surface area contributed by atoms with E-state index in [0.29, 0.717) is 5.75 Å². The lowest BCUT2D eigenvalue weighted by Gasteiger charge is -2.28. The molecule has 0 radical (unpaired) electrons. The summed E-state index contributed by atoms with van der Waals surface area (Å²) < 4.78 is 0. The van der Waals surface area contributed by atoms with Crippen molar-refractivity contribution >= 4 is 0 Å². The average molecular weight is 332 g/mol. The third kappa shape index (κ3) is 4.70. The Hall–Kier alpha value is -1.13. The van der Waals surface area contributed by atoms with Gasteiger partial charge in [-0.05, 0) is 64.3 Å². The summed E-state index contributed by atoms with van der Waals surface area (Å²) in [5.74, 6) is 0.449. The van der Waals surface area contributed by atoms with Crippen LogP contribution in [0, 0.1) is 0 Å². The Balaban J connectivity index is 1.76. The molecule has 2 fully saturated rings. The van der Waals surface area contributed by atoms with E-state index in [0.717, 1.165) is 56.0 Å². The minimum Gasteiger partial charge on any atom is -0.506 e. The van der Waals surface area contributed by atoms with E-state index < -0.39 is 0 Å². The van der Waals surface area contributed by atoms with Crippen molar-refractivity contribution in [1.29, 1.82) is 0 Å². The van der Waals surface area contributed by atoms with Crippen LogP contribution >= 0.6 is 0 Å². The summed E-state index contributed by atoms with van der Waals surface area (Å²) in [6.07, 6.45) is 9.79. The maximum Gasteiger partial charge on any atom is 0.141 e. The van der Waals surface area contributed by atoms with E-state index in [1.807, 2.05) is 0 Å². The SMILES string of the molecule is CCCc1nc(CN2CCCCC2)cc(CN2CCCCC2)c1O. The number of hydrogen-bond acceptors (Lipinski definition) is 4. The summed E-state index contributed by atoms with van der Waals surface area (Å²) in [5.41, 5.74) is 3.13. The molecule has 134 valence electrons. The summed E-state index contributed by atoms with van der Waals surface area (Å²) in [5, 5.41) is 10.7. The molecule has 2 aliphatic heterocycles. The first kappa shape index (κ1) is 17.7. The van der Waals surface area contributed by atoms with Gasteiger partial charge in [-0.1, -0.05) is 26.2 Å². The quantitative estimate of drug-likeness (QED) is 0.862. The van der Waals surface area contributed by atoms with Crippen molar-refractivity contribution in [2.24, 2.45) is 0 Å². The van der Waals surface area contributed by atoms with Crippen molar-refractivity contribution in [1.82, 2.24) is 14.8 Å². The van der Waals surface area contributed by atoms with Crippen LogP contribution in [0.4, 0.5) is 0 Å². The Morgan fingerprint density at radius 1 is 0.917 bits per heavy atom. The van der Waals surface area contributed by atoms with Gasteiger partial charge in [0.2, 0.25) is 0 Å². The molecular formula is C20H33N3O. The Kier molecular flexibility index (Phi) is 6.50. The summed E-state index contributed by atoms with van der Waals surface area (Å²) in [4.78, 5) is 9.80. The van der Waals surface area contributed by atoms with E-state index in [4.69, 9.17) is 4.98 Å². The molecule has 0 spiro atoms. The minimum atomic E-state index is 0.449. The van der Waals surface area contributed by atoms with Crippen LogP contribution in [0.15, 0.2) is 6.07 Å². The molecule has 3 heterocycles. The molecule has 0 unspecified atom stereocenters. The van der Waals surface area contributed by atoms with Crippen LogP contribution in [0.25, 0.3) is 0 Å². The monoisotopic (exact) mass is 331 g/mol. The Morgan fingerprint density at radius 3 is 2.08 bits per heavy atom. The second-order valence-corrected chi connectivity index (χ2v) is 7.49. The highest BCUT2D eigenvalue weighted by Gasteiger charge is 2.18. The molecule has 0 amide bonds. The van der Waals surface area contributed by atoms with Gasteiger partial charge in [-0.3, -0.25) is 14.8 Å². The van der Waals surface area contributed by atoms with E-state index in [1.165, 1.54) is 51.6 Å². The molecule has 0 aliphatic carbocycles. The second kappa shape index (κ2) is 8.82. The summed E-state index contributed by atoms with van der Waals surface area (Å²) >= 11 is 0. The number of aromatic nitrogens is 1. The van der Waals surface area contributed by atoms with Gasteiger partial charge in [0.1, 0.15) is 5.75 Å². The zero-order chi connectivity index (χ0) is 16.8. The Labute approximate surface area is 146 Å². The van der Waals surface area contributed by atoms with Crippen LogP contribution in [-0.4, -0.2) is 46.1 Å². The van der Waals surface area contributed by atoms with Gasteiger partial charge in [0.15, 0.2) is 0 Å². The van der Waals surface area contributed by atoms with Crippen LogP contribution in [0.1, 0.15) is 68.8 Å². The van der Waals surface area contributed by atoms with Gasteiger partial charge in [-0.2, -0.15) is 0 Å². The lowest BCUT2D eigenvalue weighted by atomic mass is 10.1. The number of rotatable bonds is 6. The molecule has 4 heteroatoms. The lowest BCUT2D eigenvalue weighted by molar-refractivity contribution is 0.214. The van der Waals surface area contributed by atoms with Gasteiger partial charge in [-0.25, -0.2) is 0 Å².